The molecule has 0 unspecified atom stereocenters. The van der Waals surface area contributed by atoms with Crippen LogP contribution in [0.2, 0.25) is 0 Å². The maximum atomic E-state index is 5.10. The predicted octanol–water partition coefficient (Wildman–Crippen LogP) is 2.00. The Morgan fingerprint density at radius 2 is 2.00 bits per heavy atom. The molecule has 0 spiro atoms. The number of nitrogens with one attached hydrogen (secondary N) is 1. The van der Waals surface area contributed by atoms with Gasteiger partial charge in [0.1, 0.15) is 0 Å². The normalized spacial score (nSPS) is 9.64. The third-order valence-corrected chi connectivity index (χ3v) is 1.28. The van der Waals surface area contributed by atoms with Gasteiger partial charge in [-0.3, -0.25) is 0 Å². The van der Waals surface area contributed by atoms with Gasteiger partial charge < -0.3 is 11.1 Å². The van der Waals surface area contributed by atoms with E-state index >= 15 is 0 Å². The number of rotatable bonds is 2. The molecule has 0 aliphatic heterocycles. The Bertz CT molecular complexity index is 126. The fraction of sp³-hybridized carbons (Fsp3) is 0.556. The van der Waals surface area contributed by atoms with Crippen molar-refractivity contribution in [3.63, 3.8) is 0 Å². The van der Waals surface area contributed by atoms with Crippen LogP contribution in [-0.4, -0.2) is 7.05 Å². The van der Waals surface area contributed by atoms with Gasteiger partial charge in [0.15, 0.2) is 0 Å². The fourth-order valence-corrected chi connectivity index (χ4v) is 0.144. The van der Waals surface area contributed by atoms with E-state index in [9.17, 15) is 0 Å². The van der Waals surface area contributed by atoms with Crippen molar-refractivity contribution < 1.29 is 0 Å². The first-order valence-electron chi connectivity index (χ1n) is 3.82. The molecule has 2 nitrogen and oxygen atoms in total. The molecule has 0 aliphatic carbocycles. The Balaban J connectivity index is 0. The van der Waals surface area contributed by atoms with Crippen LogP contribution in [0, 0.1) is 0 Å². The lowest BCUT2D eigenvalue weighted by molar-refractivity contribution is 0.985. The zero-order valence-corrected chi connectivity index (χ0v) is 8.07. The first-order chi connectivity index (χ1) is 5.08. The van der Waals surface area contributed by atoms with Crippen molar-refractivity contribution in [1.82, 2.24) is 5.32 Å². The highest BCUT2D eigenvalue weighted by Crippen LogP contribution is 1.79. The lowest BCUT2D eigenvalue weighted by atomic mass is 10.4. The summed E-state index contributed by atoms with van der Waals surface area (Å²) in [6, 6.07) is 0. The summed E-state index contributed by atoms with van der Waals surface area (Å²) in [5.41, 5.74) is 7.07. The second kappa shape index (κ2) is 9.08. The van der Waals surface area contributed by atoms with E-state index in [0.717, 1.165) is 12.1 Å². The summed E-state index contributed by atoms with van der Waals surface area (Å²) in [5, 5.41) is 2.98. The molecule has 0 aromatic rings. The number of nitrogens with two attached hydrogens (primary N) is 1. The summed E-state index contributed by atoms with van der Waals surface area (Å²) in [5.74, 6) is 0. The van der Waals surface area contributed by atoms with E-state index in [0.29, 0.717) is 0 Å². The largest absolute Gasteiger partial charge is 0.403 e. The van der Waals surface area contributed by atoms with E-state index in [4.69, 9.17) is 5.73 Å². The molecule has 0 heterocycles. The number of allylic oxidation sites excluding steroid dienone is 3. The van der Waals surface area contributed by atoms with Crippen molar-refractivity contribution in [3.8, 4) is 0 Å². The van der Waals surface area contributed by atoms with Crippen LogP contribution < -0.4 is 11.1 Å². The molecule has 0 saturated heterocycles. The van der Waals surface area contributed by atoms with Gasteiger partial charge in [-0.1, -0.05) is 19.6 Å². The summed E-state index contributed by atoms with van der Waals surface area (Å²) in [7, 11) is 1.91. The van der Waals surface area contributed by atoms with Gasteiger partial charge in [-0.05, 0) is 20.3 Å². The van der Waals surface area contributed by atoms with Gasteiger partial charge in [0.25, 0.3) is 0 Å². The zero-order valence-electron chi connectivity index (χ0n) is 8.07. The van der Waals surface area contributed by atoms with Crippen molar-refractivity contribution in [1.29, 1.82) is 0 Å². The smallest absolute Gasteiger partial charge is 0.00300 e. The fourth-order valence-electron chi connectivity index (χ4n) is 0.144. The molecule has 0 fully saturated rings. The first-order valence-corrected chi connectivity index (χ1v) is 3.82. The van der Waals surface area contributed by atoms with Gasteiger partial charge in [-0.2, -0.15) is 0 Å². The molecule has 3 N–H and O–H groups in total. The van der Waals surface area contributed by atoms with Crippen molar-refractivity contribution in [3.05, 3.63) is 24.0 Å². The number of hydrogen-bond donors (Lipinski definition) is 2. The second-order valence-electron chi connectivity index (χ2n) is 2.23. The Morgan fingerprint density at radius 1 is 1.64 bits per heavy atom. The summed E-state index contributed by atoms with van der Waals surface area (Å²) in [6.07, 6.45) is 2.92. The van der Waals surface area contributed by atoms with E-state index in [1.807, 2.05) is 33.9 Å². The monoisotopic (exact) mass is 156 g/mol. The lowest BCUT2D eigenvalue weighted by Crippen LogP contribution is -1.99. The Labute approximate surface area is 70.2 Å². The lowest BCUT2D eigenvalue weighted by Gasteiger charge is -1.91. The Kier molecular flexibility index (Phi) is 10.5. The maximum Gasteiger partial charge on any atom is 0.00300 e. The molecule has 0 amide bonds. The van der Waals surface area contributed by atoms with Crippen LogP contribution in [0.1, 0.15) is 27.2 Å². The van der Waals surface area contributed by atoms with Gasteiger partial charge in [-0.25, -0.2) is 0 Å². The SMILES string of the molecule is C/C=C(/C)NC.C=C(N)CC. The summed E-state index contributed by atoms with van der Waals surface area (Å²) in [6.45, 7) is 9.46. The maximum absolute atomic E-state index is 5.10. The van der Waals surface area contributed by atoms with E-state index < -0.39 is 0 Å². The van der Waals surface area contributed by atoms with Crippen LogP contribution in [0.25, 0.3) is 0 Å². The molecule has 2 heteroatoms. The third-order valence-electron chi connectivity index (χ3n) is 1.28. The van der Waals surface area contributed by atoms with Gasteiger partial charge in [0.2, 0.25) is 0 Å². The predicted molar refractivity (Wildman–Crippen MR) is 52.1 cm³/mol. The zero-order chi connectivity index (χ0) is 9.28. The minimum absolute atomic E-state index is 0.755. The standard InChI is InChI=1S/C5H11N.C4H9N/c1-4-5(2)6-3;1-3-4(2)5/h4,6H,1-3H3;2-3,5H2,1H3/b5-4-;. The second-order valence-corrected chi connectivity index (χ2v) is 2.23. The minimum atomic E-state index is 0.755. The number of hydrogen-bond acceptors (Lipinski definition) is 2. The molecule has 0 bridgehead atoms. The van der Waals surface area contributed by atoms with Crippen molar-refractivity contribution in [2.24, 2.45) is 5.73 Å². The molecule has 66 valence electrons. The van der Waals surface area contributed by atoms with E-state index in [-0.39, 0.29) is 0 Å². The van der Waals surface area contributed by atoms with Gasteiger partial charge in [0, 0.05) is 18.4 Å². The topological polar surface area (TPSA) is 38.0 Å². The van der Waals surface area contributed by atoms with Crippen LogP contribution in [-0.2, 0) is 0 Å². The van der Waals surface area contributed by atoms with Crippen molar-refractivity contribution >= 4 is 0 Å². The summed E-state index contributed by atoms with van der Waals surface area (Å²) in [4.78, 5) is 0. The molecule has 0 atom stereocenters. The van der Waals surface area contributed by atoms with E-state index in [2.05, 4.69) is 11.9 Å². The molecular weight excluding hydrogens is 136 g/mol. The van der Waals surface area contributed by atoms with Crippen LogP contribution in [0.4, 0.5) is 0 Å². The highest BCUT2D eigenvalue weighted by Gasteiger charge is 1.69. The van der Waals surface area contributed by atoms with Gasteiger partial charge in [-0.15, -0.1) is 0 Å². The van der Waals surface area contributed by atoms with Crippen molar-refractivity contribution in [2.75, 3.05) is 7.05 Å². The molecule has 0 radical (unpaired) electrons. The Hall–Kier alpha value is -0.920. The molecule has 0 aromatic heterocycles. The molecular formula is C9H20N2. The van der Waals surface area contributed by atoms with Crippen LogP contribution in [0.15, 0.2) is 24.0 Å². The van der Waals surface area contributed by atoms with Crippen LogP contribution >= 0.6 is 0 Å². The summed E-state index contributed by atoms with van der Waals surface area (Å²) >= 11 is 0. The molecule has 0 rings (SSSR count). The van der Waals surface area contributed by atoms with Crippen LogP contribution in [0.5, 0.6) is 0 Å². The summed E-state index contributed by atoms with van der Waals surface area (Å²) < 4.78 is 0. The third kappa shape index (κ3) is 17.6. The average Bonchev–Trinajstić information content (AvgIpc) is 2.04. The van der Waals surface area contributed by atoms with Gasteiger partial charge >= 0.3 is 0 Å². The van der Waals surface area contributed by atoms with Crippen LogP contribution in [0.3, 0.4) is 0 Å². The molecule has 0 aliphatic rings. The highest BCUT2D eigenvalue weighted by atomic mass is 14.8. The molecule has 0 saturated carbocycles. The molecule has 0 aromatic carbocycles. The van der Waals surface area contributed by atoms with E-state index in [1.54, 1.807) is 0 Å². The van der Waals surface area contributed by atoms with E-state index in [1.165, 1.54) is 5.70 Å². The van der Waals surface area contributed by atoms with Gasteiger partial charge in [0.05, 0.1) is 0 Å². The minimum Gasteiger partial charge on any atom is -0.403 e. The first kappa shape index (κ1) is 12.7. The van der Waals surface area contributed by atoms with Crippen molar-refractivity contribution in [2.45, 2.75) is 27.2 Å². The Morgan fingerprint density at radius 3 is 2.00 bits per heavy atom. The molecule has 11 heavy (non-hydrogen) atoms. The highest BCUT2D eigenvalue weighted by molar-refractivity contribution is 4.90. The quantitative estimate of drug-likeness (QED) is 0.641. The average molecular weight is 156 g/mol.